The second kappa shape index (κ2) is 14.3. The summed E-state index contributed by atoms with van der Waals surface area (Å²) in [6, 6.07) is 66.5. The van der Waals surface area contributed by atoms with Gasteiger partial charge < -0.3 is 9.80 Å². The van der Waals surface area contributed by atoms with Crippen molar-refractivity contribution >= 4 is 44.3 Å². The van der Waals surface area contributed by atoms with Crippen molar-refractivity contribution in [2.24, 2.45) is 0 Å². The molecule has 0 amide bonds. The van der Waals surface area contributed by atoms with Gasteiger partial charge >= 0.3 is 0 Å². The fourth-order valence-corrected chi connectivity index (χ4v) is 13.0. The molecule has 322 valence electrons. The van der Waals surface area contributed by atoms with Crippen molar-refractivity contribution < 1.29 is 0 Å². The van der Waals surface area contributed by atoms with Crippen LogP contribution in [0.15, 0.2) is 170 Å². The van der Waals surface area contributed by atoms with E-state index < -0.39 is 0 Å². The molecule has 2 atom stereocenters. The Morgan fingerprint density at radius 3 is 1.23 bits per heavy atom. The van der Waals surface area contributed by atoms with Crippen molar-refractivity contribution in [1.29, 1.82) is 0 Å². The van der Waals surface area contributed by atoms with Crippen molar-refractivity contribution in [3.63, 3.8) is 0 Å². The molecule has 9 aromatic carbocycles. The molecule has 0 spiro atoms. The monoisotopic (exact) mass is 852 g/mol. The molecule has 0 aromatic heterocycles. The fourth-order valence-electron chi connectivity index (χ4n) is 13.0. The van der Waals surface area contributed by atoms with E-state index in [9.17, 15) is 0 Å². The largest absolute Gasteiger partial charge is 0.338 e. The second-order valence-electron chi connectivity index (χ2n) is 20.8. The maximum Gasteiger partial charge on any atom is 0.0445 e. The zero-order valence-corrected chi connectivity index (χ0v) is 39.0. The van der Waals surface area contributed by atoms with E-state index in [1.165, 1.54) is 122 Å². The van der Waals surface area contributed by atoms with Crippen molar-refractivity contribution in [3.8, 4) is 44.5 Å². The van der Waals surface area contributed by atoms with Gasteiger partial charge in [0.05, 0.1) is 0 Å². The highest BCUT2D eigenvalue weighted by Gasteiger charge is 2.38. The molecule has 66 heavy (non-hydrogen) atoms. The Bertz CT molecular complexity index is 3260. The van der Waals surface area contributed by atoms with Gasteiger partial charge in [-0.3, -0.25) is 0 Å². The van der Waals surface area contributed by atoms with Crippen molar-refractivity contribution in [1.82, 2.24) is 0 Å². The molecular weight excluding hydrogens is 797 g/mol. The number of rotatable bonds is 4. The van der Waals surface area contributed by atoms with Gasteiger partial charge in [-0.25, -0.2) is 0 Å². The molecule has 0 bridgehead atoms. The number of nitrogens with zero attached hydrogens (tertiary/aromatic N) is 2. The van der Waals surface area contributed by atoms with E-state index in [1.54, 1.807) is 0 Å². The summed E-state index contributed by atoms with van der Waals surface area (Å²) in [5.41, 5.74) is 24.0. The summed E-state index contributed by atoms with van der Waals surface area (Å²) in [7, 11) is 0. The molecule has 2 aliphatic heterocycles. The molecule has 0 fully saturated rings. The lowest BCUT2D eigenvalue weighted by Crippen LogP contribution is -2.33. The van der Waals surface area contributed by atoms with Crippen LogP contribution in [0.3, 0.4) is 0 Å². The second-order valence-corrected chi connectivity index (χ2v) is 20.8. The highest BCUT2D eigenvalue weighted by atomic mass is 15.2. The van der Waals surface area contributed by atoms with Crippen LogP contribution < -0.4 is 9.80 Å². The van der Waals surface area contributed by atoms with Gasteiger partial charge in [-0.2, -0.15) is 0 Å². The normalized spacial score (nSPS) is 18.4. The van der Waals surface area contributed by atoms with E-state index >= 15 is 0 Å². The first-order chi connectivity index (χ1) is 32.1. The number of fused-ring (bicyclic) bond motifs is 10. The van der Waals surface area contributed by atoms with Crippen LogP contribution in [0.5, 0.6) is 0 Å². The number of benzene rings is 9. The van der Waals surface area contributed by atoms with E-state index in [1.807, 2.05) is 0 Å². The zero-order chi connectivity index (χ0) is 44.6. The van der Waals surface area contributed by atoms with E-state index in [-0.39, 0.29) is 10.8 Å². The molecule has 13 rings (SSSR count). The fraction of sp³-hybridized carbons (Fsp3) is 0.219. The Kier molecular flexibility index (Phi) is 8.55. The van der Waals surface area contributed by atoms with E-state index in [0.717, 1.165) is 25.7 Å². The summed E-state index contributed by atoms with van der Waals surface area (Å²) in [6.07, 6.45) is 4.46. The molecule has 2 aliphatic carbocycles. The lowest BCUT2D eigenvalue weighted by atomic mass is 9.79. The van der Waals surface area contributed by atoms with Gasteiger partial charge in [0.25, 0.3) is 0 Å². The minimum absolute atomic E-state index is 0.120. The van der Waals surface area contributed by atoms with Crippen LogP contribution in [0.1, 0.15) is 87.8 Å². The van der Waals surface area contributed by atoms with Crippen LogP contribution in [0, 0.1) is 0 Å². The highest BCUT2D eigenvalue weighted by molar-refractivity contribution is 6.23. The molecule has 9 aromatic rings. The summed E-state index contributed by atoms with van der Waals surface area (Å²) in [5, 5.41) is 5.18. The van der Waals surface area contributed by atoms with E-state index in [2.05, 4.69) is 221 Å². The highest BCUT2D eigenvalue weighted by Crippen LogP contribution is 2.55. The number of aryl methyl sites for hydroxylation is 2. The Labute approximate surface area is 390 Å². The van der Waals surface area contributed by atoms with Crippen LogP contribution in [0.2, 0.25) is 0 Å². The summed E-state index contributed by atoms with van der Waals surface area (Å²) in [6.45, 7) is 14.4. The third kappa shape index (κ3) is 5.60. The van der Waals surface area contributed by atoms with E-state index in [4.69, 9.17) is 0 Å². The Hall–Kier alpha value is -6.90. The minimum atomic E-state index is -0.120. The molecule has 2 unspecified atom stereocenters. The van der Waals surface area contributed by atoms with Gasteiger partial charge in [0.2, 0.25) is 0 Å². The molecule has 0 saturated heterocycles. The predicted octanol–water partition coefficient (Wildman–Crippen LogP) is 16.9. The summed E-state index contributed by atoms with van der Waals surface area (Å²) in [4.78, 5) is 5.23. The van der Waals surface area contributed by atoms with Crippen LogP contribution >= 0.6 is 0 Å². The third-order valence-corrected chi connectivity index (χ3v) is 16.4. The summed E-state index contributed by atoms with van der Waals surface area (Å²) >= 11 is 0. The number of hydrogen-bond donors (Lipinski definition) is 0. The van der Waals surface area contributed by atoms with Gasteiger partial charge in [0.1, 0.15) is 0 Å². The minimum Gasteiger partial charge on any atom is -0.338 e. The number of hydrogen-bond acceptors (Lipinski definition) is 2. The first-order valence-corrected chi connectivity index (χ1v) is 24.4. The molecule has 2 nitrogen and oxygen atoms in total. The maximum absolute atomic E-state index is 2.61. The lowest BCUT2D eigenvalue weighted by Gasteiger charge is -2.38. The first kappa shape index (κ1) is 39.5. The van der Waals surface area contributed by atoms with Crippen LogP contribution in [-0.4, -0.2) is 12.1 Å². The number of para-hydroxylation sites is 2. The first-order valence-electron chi connectivity index (χ1n) is 24.4. The third-order valence-electron chi connectivity index (χ3n) is 16.4. The Balaban J connectivity index is 1.13. The molecule has 2 heteroatoms. The predicted molar refractivity (Wildman–Crippen MR) is 280 cm³/mol. The van der Waals surface area contributed by atoms with Gasteiger partial charge in [0, 0.05) is 45.7 Å². The lowest BCUT2D eigenvalue weighted by molar-refractivity contribution is 0.618. The molecule has 2 heterocycles. The van der Waals surface area contributed by atoms with Gasteiger partial charge in [0.15, 0.2) is 0 Å². The molecular formula is C64H56N2. The Morgan fingerprint density at radius 1 is 0.379 bits per heavy atom. The molecule has 0 radical (unpaired) electrons. The van der Waals surface area contributed by atoms with E-state index in [0.29, 0.717) is 12.1 Å². The SMILES string of the molecule is CC1CCc2ccccc2N1c1ccc2c(-c3ccc4c(c3)C(C)(C)c3ccccc3-4)c3cc(N4c5ccccc5CCC4C)ccc3c(-c3ccc4c(c3)C(C)(C)c3ccccc3-4)c2c1. The standard InChI is InChI=1S/C64H56N2/c1-39-23-25-41-15-7-13-21-59(41)65(39)45-29-33-51-53(37-45)61(43-27-31-49-47-17-9-11-19-55(47)63(3,4)57(49)35-43)52-34-30-46(66-40(2)24-26-42-16-8-14-22-60(42)66)38-54(52)62(51)44-28-32-50-48-18-10-12-20-56(48)64(5,6)58(50)36-44/h7-22,27-40H,23-26H2,1-6H3. The molecule has 4 aliphatic rings. The average Bonchev–Trinajstić information content (AvgIpc) is 3.71. The van der Waals surface area contributed by atoms with Crippen LogP contribution in [0.25, 0.3) is 66.1 Å². The topological polar surface area (TPSA) is 6.48 Å². The molecule has 0 N–H and O–H groups in total. The van der Waals surface area contributed by atoms with Crippen LogP contribution in [-0.2, 0) is 23.7 Å². The molecule has 0 saturated carbocycles. The Morgan fingerprint density at radius 2 is 0.773 bits per heavy atom. The van der Waals surface area contributed by atoms with Crippen LogP contribution in [0.4, 0.5) is 22.7 Å². The van der Waals surface area contributed by atoms with Gasteiger partial charge in [-0.1, -0.05) is 149 Å². The van der Waals surface area contributed by atoms with Crippen molar-refractivity contribution in [2.45, 2.75) is 90.1 Å². The zero-order valence-electron chi connectivity index (χ0n) is 39.0. The quantitative estimate of drug-likeness (QED) is 0.163. The van der Waals surface area contributed by atoms with Gasteiger partial charge in [-0.15, -0.1) is 0 Å². The summed E-state index contributed by atoms with van der Waals surface area (Å²) < 4.78 is 0. The maximum atomic E-state index is 2.61. The van der Waals surface area contributed by atoms with Crippen molar-refractivity contribution in [3.05, 3.63) is 203 Å². The summed E-state index contributed by atoms with van der Waals surface area (Å²) in [5.74, 6) is 0. The van der Waals surface area contributed by atoms with Gasteiger partial charge in [-0.05, 0) is 187 Å². The smallest absolute Gasteiger partial charge is 0.0445 e. The number of anilines is 4. The average molecular weight is 853 g/mol. The van der Waals surface area contributed by atoms with Crippen molar-refractivity contribution in [2.75, 3.05) is 9.80 Å².